The second-order valence-corrected chi connectivity index (χ2v) is 5.89. The Kier molecular flexibility index (Phi) is 4.85. The van der Waals surface area contributed by atoms with Crippen molar-refractivity contribution >= 4 is 11.6 Å². The van der Waals surface area contributed by atoms with Crippen LogP contribution in [0.15, 0.2) is 36.4 Å². The molecular formula is C18H22ClN. The van der Waals surface area contributed by atoms with E-state index in [-0.39, 0.29) is 6.04 Å². The Bertz CT molecular complexity index is 604. The highest BCUT2D eigenvalue weighted by Crippen LogP contribution is 2.25. The first-order valence-electron chi connectivity index (χ1n) is 7.00. The number of nitrogens with one attached hydrogen (secondary N) is 1. The van der Waals surface area contributed by atoms with Gasteiger partial charge in [-0.15, -0.1) is 0 Å². The largest absolute Gasteiger partial charge is 0.313 e. The molecule has 0 aliphatic rings. The van der Waals surface area contributed by atoms with Gasteiger partial charge in [0.1, 0.15) is 0 Å². The topological polar surface area (TPSA) is 12.0 Å². The molecule has 2 aromatic carbocycles. The predicted molar refractivity (Wildman–Crippen MR) is 87.6 cm³/mol. The SMILES string of the molecule is CNC(Cc1cc(C)ccc1C)c1ccc(C)c(Cl)c1. The van der Waals surface area contributed by atoms with Crippen LogP contribution in [0.4, 0.5) is 0 Å². The van der Waals surface area contributed by atoms with Crippen LogP contribution in [0.5, 0.6) is 0 Å². The summed E-state index contributed by atoms with van der Waals surface area (Å²) in [6.45, 7) is 6.34. The van der Waals surface area contributed by atoms with Crippen LogP contribution in [0, 0.1) is 20.8 Å². The van der Waals surface area contributed by atoms with Crippen molar-refractivity contribution in [2.75, 3.05) is 7.05 Å². The molecule has 0 amide bonds. The summed E-state index contributed by atoms with van der Waals surface area (Å²) in [5.41, 5.74) is 6.40. The average molecular weight is 288 g/mol. The fourth-order valence-electron chi connectivity index (χ4n) is 2.45. The lowest BCUT2D eigenvalue weighted by Crippen LogP contribution is -2.19. The fourth-order valence-corrected chi connectivity index (χ4v) is 2.64. The van der Waals surface area contributed by atoms with E-state index in [4.69, 9.17) is 11.6 Å². The molecule has 2 rings (SSSR count). The van der Waals surface area contributed by atoms with Gasteiger partial charge < -0.3 is 5.32 Å². The van der Waals surface area contributed by atoms with Crippen molar-refractivity contribution in [1.29, 1.82) is 0 Å². The summed E-state index contributed by atoms with van der Waals surface area (Å²) in [6.07, 6.45) is 0.976. The van der Waals surface area contributed by atoms with Crippen molar-refractivity contribution in [2.24, 2.45) is 0 Å². The van der Waals surface area contributed by atoms with Gasteiger partial charge in [-0.3, -0.25) is 0 Å². The lowest BCUT2D eigenvalue weighted by atomic mass is 9.94. The highest BCUT2D eigenvalue weighted by atomic mass is 35.5. The molecule has 0 saturated heterocycles. The van der Waals surface area contributed by atoms with E-state index in [0.29, 0.717) is 0 Å². The predicted octanol–water partition coefficient (Wildman–Crippen LogP) is 4.77. The molecule has 1 nitrogen and oxygen atoms in total. The minimum Gasteiger partial charge on any atom is -0.313 e. The smallest absolute Gasteiger partial charge is 0.0438 e. The zero-order valence-corrected chi connectivity index (χ0v) is 13.4. The van der Waals surface area contributed by atoms with Gasteiger partial charge in [0.25, 0.3) is 0 Å². The zero-order chi connectivity index (χ0) is 14.7. The summed E-state index contributed by atoms with van der Waals surface area (Å²) < 4.78 is 0. The third-order valence-corrected chi connectivity index (χ3v) is 4.28. The van der Waals surface area contributed by atoms with E-state index in [2.05, 4.69) is 55.6 Å². The van der Waals surface area contributed by atoms with Gasteiger partial charge in [-0.2, -0.15) is 0 Å². The van der Waals surface area contributed by atoms with E-state index in [1.165, 1.54) is 22.3 Å². The van der Waals surface area contributed by atoms with Gasteiger partial charge >= 0.3 is 0 Å². The molecule has 1 N–H and O–H groups in total. The zero-order valence-electron chi connectivity index (χ0n) is 12.6. The molecule has 0 fully saturated rings. The lowest BCUT2D eigenvalue weighted by Gasteiger charge is -2.19. The van der Waals surface area contributed by atoms with Gasteiger partial charge in [0, 0.05) is 11.1 Å². The third-order valence-electron chi connectivity index (χ3n) is 3.88. The summed E-state index contributed by atoms with van der Waals surface area (Å²) in [5.74, 6) is 0. The quantitative estimate of drug-likeness (QED) is 0.854. The Morgan fingerprint density at radius 1 is 1.00 bits per heavy atom. The minimum atomic E-state index is 0.286. The number of aryl methyl sites for hydroxylation is 3. The Labute approximate surface area is 127 Å². The van der Waals surface area contributed by atoms with Crippen LogP contribution < -0.4 is 5.32 Å². The molecule has 0 aromatic heterocycles. The summed E-state index contributed by atoms with van der Waals surface area (Å²) in [4.78, 5) is 0. The summed E-state index contributed by atoms with van der Waals surface area (Å²) >= 11 is 6.25. The van der Waals surface area contributed by atoms with Crippen LogP contribution in [0.3, 0.4) is 0 Å². The molecule has 1 unspecified atom stereocenters. The molecule has 2 aromatic rings. The Balaban J connectivity index is 2.28. The molecular weight excluding hydrogens is 266 g/mol. The first kappa shape index (κ1) is 15.1. The highest BCUT2D eigenvalue weighted by Gasteiger charge is 2.12. The molecule has 0 bridgehead atoms. The monoisotopic (exact) mass is 287 g/mol. The third kappa shape index (κ3) is 3.41. The molecule has 1 atom stereocenters. The van der Waals surface area contributed by atoms with Gasteiger partial charge in [-0.25, -0.2) is 0 Å². The second kappa shape index (κ2) is 6.43. The number of halogens is 1. The van der Waals surface area contributed by atoms with E-state index in [1.807, 2.05) is 14.0 Å². The van der Waals surface area contributed by atoms with Gasteiger partial charge in [-0.1, -0.05) is 47.5 Å². The van der Waals surface area contributed by atoms with Gasteiger partial charge in [0.2, 0.25) is 0 Å². The molecule has 2 heteroatoms. The van der Waals surface area contributed by atoms with Crippen molar-refractivity contribution in [2.45, 2.75) is 33.2 Å². The van der Waals surface area contributed by atoms with E-state index in [1.54, 1.807) is 0 Å². The number of hydrogen-bond donors (Lipinski definition) is 1. The van der Waals surface area contributed by atoms with Crippen molar-refractivity contribution in [3.8, 4) is 0 Å². The van der Waals surface area contributed by atoms with Crippen LogP contribution in [0.2, 0.25) is 5.02 Å². The lowest BCUT2D eigenvalue weighted by molar-refractivity contribution is 0.590. The van der Waals surface area contributed by atoms with Crippen molar-refractivity contribution in [3.05, 3.63) is 69.2 Å². The Morgan fingerprint density at radius 2 is 1.70 bits per heavy atom. The normalized spacial score (nSPS) is 12.4. The summed E-state index contributed by atoms with van der Waals surface area (Å²) in [5, 5.41) is 4.24. The molecule has 0 aliphatic carbocycles. The van der Waals surface area contributed by atoms with Crippen molar-refractivity contribution in [3.63, 3.8) is 0 Å². The molecule has 0 aliphatic heterocycles. The first-order valence-corrected chi connectivity index (χ1v) is 7.38. The summed E-state index contributed by atoms with van der Waals surface area (Å²) in [6, 6.07) is 13.2. The number of likely N-dealkylation sites (N-methyl/N-ethyl adjacent to an activating group) is 1. The van der Waals surface area contributed by atoms with E-state index < -0.39 is 0 Å². The first-order chi connectivity index (χ1) is 9.51. The minimum absolute atomic E-state index is 0.286. The standard InChI is InChI=1S/C18H22ClN/c1-12-5-6-13(2)16(9-12)11-18(20-4)15-8-7-14(3)17(19)10-15/h5-10,18,20H,11H2,1-4H3. The maximum Gasteiger partial charge on any atom is 0.0438 e. The van der Waals surface area contributed by atoms with Crippen LogP contribution in [0.1, 0.15) is 33.9 Å². The van der Waals surface area contributed by atoms with E-state index in [9.17, 15) is 0 Å². The van der Waals surface area contributed by atoms with Gasteiger partial charge in [0.15, 0.2) is 0 Å². The molecule has 20 heavy (non-hydrogen) atoms. The van der Waals surface area contributed by atoms with E-state index >= 15 is 0 Å². The number of hydrogen-bond acceptors (Lipinski definition) is 1. The van der Waals surface area contributed by atoms with Crippen molar-refractivity contribution < 1.29 is 0 Å². The molecule has 0 heterocycles. The molecule has 0 saturated carbocycles. The maximum atomic E-state index is 6.25. The average Bonchev–Trinajstić information content (AvgIpc) is 2.43. The number of benzene rings is 2. The Morgan fingerprint density at radius 3 is 2.35 bits per heavy atom. The highest BCUT2D eigenvalue weighted by molar-refractivity contribution is 6.31. The van der Waals surface area contributed by atoms with Crippen LogP contribution >= 0.6 is 11.6 Å². The van der Waals surface area contributed by atoms with Crippen LogP contribution in [-0.4, -0.2) is 7.05 Å². The molecule has 106 valence electrons. The molecule has 0 radical (unpaired) electrons. The molecule has 0 spiro atoms. The number of rotatable bonds is 4. The maximum absolute atomic E-state index is 6.25. The van der Waals surface area contributed by atoms with Crippen molar-refractivity contribution in [1.82, 2.24) is 5.32 Å². The summed E-state index contributed by atoms with van der Waals surface area (Å²) in [7, 11) is 2.00. The fraction of sp³-hybridized carbons (Fsp3) is 0.333. The van der Waals surface area contributed by atoms with E-state index in [0.717, 1.165) is 17.0 Å². The second-order valence-electron chi connectivity index (χ2n) is 5.48. The van der Waals surface area contributed by atoms with Gasteiger partial charge in [-0.05, 0) is 62.6 Å². The van der Waals surface area contributed by atoms with Gasteiger partial charge in [0.05, 0.1) is 0 Å². The Hall–Kier alpha value is -1.31. The van der Waals surface area contributed by atoms with Crippen LogP contribution in [0.25, 0.3) is 0 Å². The van der Waals surface area contributed by atoms with Crippen LogP contribution in [-0.2, 0) is 6.42 Å².